The first-order chi connectivity index (χ1) is 14.1. The number of rotatable bonds is 8. The number of nitrogens with zero attached hydrogens (tertiary/aromatic N) is 2. The molecule has 0 atom stereocenters. The number of hydrogen-bond donors (Lipinski definition) is 2. The lowest BCUT2D eigenvalue weighted by Gasteiger charge is -2.15. The zero-order valence-corrected chi connectivity index (χ0v) is 18.5. The monoisotopic (exact) mass is 438 g/mol. The molecule has 0 fully saturated rings. The summed E-state index contributed by atoms with van der Waals surface area (Å²) in [6.45, 7) is 2.95. The van der Waals surface area contributed by atoms with E-state index in [1.807, 2.05) is 13.0 Å². The second-order valence-electron chi connectivity index (χ2n) is 7.21. The van der Waals surface area contributed by atoms with E-state index in [0.717, 1.165) is 6.26 Å². The van der Waals surface area contributed by atoms with Gasteiger partial charge in [-0.25, -0.2) is 22.2 Å². The molecule has 2 rings (SSSR count). The Morgan fingerprint density at radius 3 is 2.40 bits per heavy atom. The summed E-state index contributed by atoms with van der Waals surface area (Å²) < 4.78 is 51.1. The highest BCUT2D eigenvalue weighted by atomic mass is 32.2. The summed E-state index contributed by atoms with van der Waals surface area (Å²) in [6, 6.07) is 8.99. The molecule has 164 valence electrons. The molecule has 0 spiro atoms. The maximum atomic E-state index is 14.2. The van der Waals surface area contributed by atoms with E-state index in [1.165, 1.54) is 24.3 Å². The maximum Gasteiger partial charge on any atom is 0.191 e. The summed E-state index contributed by atoms with van der Waals surface area (Å²) in [6.07, 6.45) is 1.14. The van der Waals surface area contributed by atoms with Gasteiger partial charge in [0.2, 0.25) is 0 Å². The lowest BCUT2D eigenvalue weighted by molar-refractivity contribution is 0.599. The fourth-order valence-corrected chi connectivity index (χ4v) is 3.73. The zero-order chi connectivity index (χ0) is 22.3. The van der Waals surface area contributed by atoms with Crippen LogP contribution >= 0.6 is 0 Å². The van der Waals surface area contributed by atoms with Crippen molar-refractivity contribution in [3.8, 4) is 0 Å². The number of aliphatic imine (C=N–C) groups is 1. The average molecular weight is 439 g/mol. The van der Waals surface area contributed by atoms with Crippen molar-refractivity contribution in [3.05, 3.63) is 64.7 Å². The molecule has 0 radical (unpaired) electrons. The van der Waals surface area contributed by atoms with Crippen molar-refractivity contribution in [2.24, 2.45) is 4.99 Å². The third-order valence-corrected chi connectivity index (χ3v) is 5.13. The van der Waals surface area contributed by atoms with Gasteiger partial charge < -0.3 is 15.5 Å². The summed E-state index contributed by atoms with van der Waals surface area (Å²) in [5.41, 5.74) is 2.27. The van der Waals surface area contributed by atoms with Crippen molar-refractivity contribution in [2.75, 3.05) is 31.8 Å². The van der Waals surface area contributed by atoms with Gasteiger partial charge in [0.25, 0.3) is 0 Å². The number of hydrogen-bond acceptors (Lipinski definition) is 4. The Hall–Kier alpha value is -2.68. The van der Waals surface area contributed by atoms with Crippen LogP contribution in [0.5, 0.6) is 0 Å². The normalized spacial score (nSPS) is 12.0. The van der Waals surface area contributed by atoms with Crippen LogP contribution in [0.4, 0.5) is 14.5 Å². The molecule has 0 aromatic heterocycles. The van der Waals surface area contributed by atoms with Crippen molar-refractivity contribution < 1.29 is 17.2 Å². The van der Waals surface area contributed by atoms with Gasteiger partial charge >= 0.3 is 0 Å². The van der Waals surface area contributed by atoms with Gasteiger partial charge in [-0.15, -0.1) is 0 Å². The molecule has 2 aromatic carbocycles. The molecule has 6 nitrogen and oxygen atoms in total. The molecule has 0 amide bonds. The molecule has 0 heterocycles. The molecule has 2 aromatic rings. The standard InChI is InChI=1S/C21H28F2N4O2S/c1-5-24-21(25-12-15-6-9-20(27(2)3)19(23)10-15)26-13-17-11-18(22)8-7-16(17)14-30(4,28)29/h6-11H,5,12-14H2,1-4H3,(H2,24,25,26). The summed E-state index contributed by atoms with van der Waals surface area (Å²) >= 11 is 0. The van der Waals surface area contributed by atoms with Gasteiger partial charge in [-0.1, -0.05) is 12.1 Å². The van der Waals surface area contributed by atoms with Gasteiger partial charge in [0.15, 0.2) is 15.8 Å². The lowest BCUT2D eigenvalue weighted by atomic mass is 10.1. The molecule has 0 aliphatic rings. The Kier molecular flexibility index (Phi) is 8.16. The molecular weight excluding hydrogens is 410 g/mol. The van der Waals surface area contributed by atoms with Gasteiger partial charge in [-0.05, 0) is 47.9 Å². The van der Waals surface area contributed by atoms with Gasteiger partial charge in [0.05, 0.1) is 18.0 Å². The van der Waals surface area contributed by atoms with E-state index in [2.05, 4.69) is 15.6 Å². The molecule has 9 heteroatoms. The zero-order valence-electron chi connectivity index (χ0n) is 17.7. The number of guanidine groups is 1. The number of halogens is 2. The van der Waals surface area contributed by atoms with Gasteiger partial charge in [-0.2, -0.15) is 0 Å². The van der Waals surface area contributed by atoms with E-state index in [4.69, 9.17) is 0 Å². The minimum atomic E-state index is -3.26. The fraction of sp³-hybridized carbons (Fsp3) is 0.381. The van der Waals surface area contributed by atoms with Gasteiger partial charge in [0.1, 0.15) is 11.6 Å². The Bertz CT molecular complexity index is 1010. The van der Waals surface area contributed by atoms with E-state index < -0.39 is 15.7 Å². The third kappa shape index (κ3) is 7.29. The molecule has 0 bridgehead atoms. The molecule has 2 N–H and O–H groups in total. The predicted octanol–water partition coefficient (Wildman–Crippen LogP) is 2.83. The molecule has 0 saturated carbocycles. The highest BCUT2D eigenvalue weighted by Gasteiger charge is 2.11. The van der Waals surface area contributed by atoms with E-state index in [9.17, 15) is 17.2 Å². The number of nitrogens with one attached hydrogen (secondary N) is 2. The van der Waals surface area contributed by atoms with Crippen LogP contribution in [-0.4, -0.2) is 41.3 Å². The number of sulfone groups is 1. The highest BCUT2D eigenvalue weighted by Crippen LogP contribution is 2.19. The SMILES string of the molecule is CCNC(=NCc1ccc(N(C)C)c(F)c1)NCc1cc(F)ccc1CS(C)(=O)=O. The topological polar surface area (TPSA) is 73.8 Å². The van der Waals surface area contributed by atoms with Crippen LogP contribution in [0.3, 0.4) is 0 Å². The van der Waals surface area contributed by atoms with Gasteiger partial charge in [0, 0.05) is 33.4 Å². The first kappa shape index (κ1) is 23.6. The van der Waals surface area contributed by atoms with Crippen molar-refractivity contribution in [1.29, 1.82) is 0 Å². The van der Waals surface area contributed by atoms with Crippen LogP contribution in [0.2, 0.25) is 0 Å². The molecule has 0 unspecified atom stereocenters. The minimum absolute atomic E-state index is 0.171. The Morgan fingerprint density at radius 2 is 1.80 bits per heavy atom. The van der Waals surface area contributed by atoms with Crippen LogP contribution in [-0.2, 0) is 28.7 Å². The lowest BCUT2D eigenvalue weighted by Crippen LogP contribution is -2.37. The Morgan fingerprint density at radius 1 is 1.07 bits per heavy atom. The Labute approximate surface area is 176 Å². The average Bonchev–Trinajstić information content (AvgIpc) is 2.64. The largest absolute Gasteiger partial charge is 0.375 e. The quantitative estimate of drug-likeness (QED) is 0.490. The summed E-state index contributed by atoms with van der Waals surface area (Å²) in [4.78, 5) is 6.14. The predicted molar refractivity (Wildman–Crippen MR) is 117 cm³/mol. The third-order valence-electron chi connectivity index (χ3n) is 4.29. The van der Waals surface area contributed by atoms with E-state index in [1.54, 1.807) is 25.1 Å². The van der Waals surface area contributed by atoms with Crippen LogP contribution in [0.15, 0.2) is 41.4 Å². The highest BCUT2D eigenvalue weighted by molar-refractivity contribution is 7.89. The summed E-state index contributed by atoms with van der Waals surface area (Å²) in [5, 5.41) is 6.15. The molecule has 0 aliphatic heterocycles. The molecular formula is C21H28F2N4O2S. The van der Waals surface area contributed by atoms with Crippen molar-refractivity contribution in [1.82, 2.24) is 10.6 Å². The molecule has 30 heavy (non-hydrogen) atoms. The van der Waals surface area contributed by atoms with Crippen molar-refractivity contribution in [2.45, 2.75) is 25.8 Å². The van der Waals surface area contributed by atoms with Crippen LogP contribution in [0.1, 0.15) is 23.6 Å². The van der Waals surface area contributed by atoms with E-state index in [0.29, 0.717) is 34.9 Å². The molecule has 0 aliphatic carbocycles. The number of anilines is 1. The van der Waals surface area contributed by atoms with Crippen LogP contribution < -0.4 is 15.5 Å². The smallest absolute Gasteiger partial charge is 0.191 e. The second-order valence-corrected chi connectivity index (χ2v) is 9.35. The van der Waals surface area contributed by atoms with Crippen molar-refractivity contribution >= 4 is 21.5 Å². The van der Waals surface area contributed by atoms with Crippen molar-refractivity contribution in [3.63, 3.8) is 0 Å². The van der Waals surface area contributed by atoms with E-state index >= 15 is 0 Å². The maximum absolute atomic E-state index is 14.2. The van der Waals surface area contributed by atoms with Gasteiger partial charge in [-0.3, -0.25) is 0 Å². The Balaban J connectivity index is 2.15. The number of benzene rings is 2. The fourth-order valence-electron chi connectivity index (χ4n) is 2.88. The summed E-state index contributed by atoms with van der Waals surface area (Å²) in [7, 11) is 0.287. The van der Waals surface area contributed by atoms with Crippen LogP contribution in [0.25, 0.3) is 0 Å². The first-order valence-electron chi connectivity index (χ1n) is 9.52. The minimum Gasteiger partial charge on any atom is -0.375 e. The van der Waals surface area contributed by atoms with E-state index in [-0.39, 0.29) is 24.7 Å². The van der Waals surface area contributed by atoms with Crippen LogP contribution in [0, 0.1) is 11.6 Å². The second kappa shape index (κ2) is 10.4. The molecule has 0 saturated heterocycles. The summed E-state index contributed by atoms with van der Waals surface area (Å²) in [5.74, 6) is -0.474. The first-order valence-corrected chi connectivity index (χ1v) is 11.6.